The number of carbonyl (C=O) groups is 1. The highest BCUT2D eigenvalue weighted by molar-refractivity contribution is 7.86. The zero-order valence-corrected chi connectivity index (χ0v) is 22.6. The van der Waals surface area contributed by atoms with Gasteiger partial charge in [0.05, 0.1) is 77.6 Å². The Morgan fingerprint density at radius 3 is 1.58 bits per heavy atom. The zero-order valence-electron chi connectivity index (χ0n) is 21.8. The Kier molecular flexibility index (Phi) is 16.5. The van der Waals surface area contributed by atoms with Gasteiger partial charge in [0, 0.05) is 6.54 Å². The van der Waals surface area contributed by atoms with Gasteiger partial charge in [-0.3, -0.25) is 4.18 Å². The van der Waals surface area contributed by atoms with Crippen LogP contribution in [0.3, 0.4) is 0 Å². The number of hydrogen-bond acceptors (Lipinski definition) is 10. The number of amides is 1. The number of aryl methyl sites for hydroxylation is 1. The first-order valence-corrected chi connectivity index (χ1v) is 13.3. The fraction of sp³-hybridized carbons (Fsp3) is 0.708. The van der Waals surface area contributed by atoms with Gasteiger partial charge in [0.2, 0.25) is 0 Å². The van der Waals surface area contributed by atoms with E-state index in [0.29, 0.717) is 66.0 Å². The maximum absolute atomic E-state index is 12.0. The SMILES string of the molecule is Cc1ccc(S(=O)(=O)OCCOCCOCCOCCOCCOCCNC(=O)OC(C)(C)C)cc1. The van der Waals surface area contributed by atoms with Gasteiger partial charge in [-0.2, -0.15) is 8.42 Å². The summed E-state index contributed by atoms with van der Waals surface area (Å²) in [5, 5.41) is 2.61. The molecule has 11 nitrogen and oxygen atoms in total. The van der Waals surface area contributed by atoms with E-state index in [-0.39, 0.29) is 18.1 Å². The molecular formula is C24H41NO10S. The number of benzene rings is 1. The Balaban J connectivity index is 1.81. The van der Waals surface area contributed by atoms with Gasteiger partial charge >= 0.3 is 6.09 Å². The summed E-state index contributed by atoms with van der Waals surface area (Å²) in [6.07, 6.45) is -0.465. The van der Waals surface area contributed by atoms with E-state index >= 15 is 0 Å². The van der Waals surface area contributed by atoms with Gasteiger partial charge in [0.15, 0.2) is 0 Å². The molecule has 1 N–H and O–H groups in total. The van der Waals surface area contributed by atoms with Crippen molar-refractivity contribution < 1.29 is 45.8 Å². The molecule has 0 saturated carbocycles. The smallest absolute Gasteiger partial charge is 0.407 e. The van der Waals surface area contributed by atoms with E-state index in [1.807, 2.05) is 6.92 Å². The monoisotopic (exact) mass is 535 g/mol. The fourth-order valence-electron chi connectivity index (χ4n) is 2.50. The number of hydrogen-bond donors (Lipinski definition) is 1. The molecule has 0 heterocycles. The summed E-state index contributed by atoms with van der Waals surface area (Å²) in [6.45, 7) is 11.4. The average Bonchev–Trinajstić information content (AvgIpc) is 2.79. The summed E-state index contributed by atoms with van der Waals surface area (Å²) >= 11 is 0. The van der Waals surface area contributed by atoms with Crippen LogP contribution in [-0.4, -0.2) is 99.3 Å². The molecule has 1 amide bonds. The zero-order chi connectivity index (χ0) is 26.7. The Morgan fingerprint density at radius 2 is 1.14 bits per heavy atom. The number of ether oxygens (including phenoxy) is 6. The van der Waals surface area contributed by atoms with E-state index in [4.69, 9.17) is 32.6 Å². The van der Waals surface area contributed by atoms with Gasteiger partial charge in [-0.1, -0.05) is 17.7 Å². The standard InChI is InChI=1S/C24H41NO10S/c1-21-5-7-22(8-6-21)36(27,28)34-20-19-33-18-17-32-16-15-31-14-13-30-12-11-29-10-9-25-23(26)35-24(2,3)4/h5-8H,9-20H2,1-4H3,(H,25,26). The van der Waals surface area contributed by atoms with Crippen molar-refractivity contribution in [3.8, 4) is 0 Å². The highest BCUT2D eigenvalue weighted by Crippen LogP contribution is 2.12. The summed E-state index contributed by atoms with van der Waals surface area (Å²) in [5.74, 6) is 0. The molecule has 0 unspecified atom stereocenters. The Labute approximate surface area is 214 Å². The van der Waals surface area contributed by atoms with Crippen molar-refractivity contribution in [1.29, 1.82) is 0 Å². The van der Waals surface area contributed by atoms with Crippen LogP contribution >= 0.6 is 0 Å². The lowest BCUT2D eigenvalue weighted by Crippen LogP contribution is -2.34. The van der Waals surface area contributed by atoms with Crippen molar-refractivity contribution in [3.63, 3.8) is 0 Å². The molecule has 0 saturated heterocycles. The number of nitrogens with one attached hydrogen (secondary N) is 1. The molecule has 0 aromatic heterocycles. The van der Waals surface area contributed by atoms with Crippen LogP contribution in [-0.2, 0) is 42.7 Å². The normalized spacial score (nSPS) is 12.0. The molecule has 208 valence electrons. The van der Waals surface area contributed by atoms with Gasteiger partial charge < -0.3 is 33.7 Å². The van der Waals surface area contributed by atoms with E-state index in [9.17, 15) is 13.2 Å². The maximum atomic E-state index is 12.0. The van der Waals surface area contributed by atoms with Crippen LogP contribution in [0.2, 0.25) is 0 Å². The van der Waals surface area contributed by atoms with Crippen LogP contribution in [0.1, 0.15) is 26.3 Å². The minimum absolute atomic E-state index is 0.0622. The Morgan fingerprint density at radius 1 is 0.722 bits per heavy atom. The second-order valence-corrected chi connectivity index (χ2v) is 10.2. The lowest BCUT2D eigenvalue weighted by molar-refractivity contribution is -0.0125. The Hall–Kier alpha value is -1.80. The summed E-state index contributed by atoms with van der Waals surface area (Å²) in [5.41, 5.74) is 0.454. The van der Waals surface area contributed by atoms with E-state index in [1.54, 1.807) is 32.9 Å². The van der Waals surface area contributed by atoms with Crippen molar-refractivity contribution in [2.45, 2.75) is 38.2 Å². The molecule has 1 aromatic rings. The van der Waals surface area contributed by atoms with Crippen molar-refractivity contribution in [3.05, 3.63) is 29.8 Å². The molecule has 0 bridgehead atoms. The largest absolute Gasteiger partial charge is 0.444 e. The van der Waals surface area contributed by atoms with Crippen LogP contribution in [0.15, 0.2) is 29.2 Å². The van der Waals surface area contributed by atoms with Crippen molar-refractivity contribution in [2.75, 3.05) is 79.2 Å². The minimum atomic E-state index is -3.77. The summed E-state index contributed by atoms with van der Waals surface area (Å²) in [6, 6.07) is 6.46. The predicted octanol–water partition coefficient (Wildman–Crippen LogP) is 2.31. The second kappa shape index (κ2) is 18.4. The molecule has 0 spiro atoms. The topological polar surface area (TPSA) is 128 Å². The molecule has 12 heteroatoms. The number of alkyl carbamates (subject to hydrolysis) is 1. The summed E-state index contributed by atoms with van der Waals surface area (Å²) in [7, 11) is -3.77. The maximum Gasteiger partial charge on any atom is 0.407 e. The molecule has 0 aliphatic carbocycles. The average molecular weight is 536 g/mol. The van der Waals surface area contributed by atoms with Gasteiger partial charge in [0.1, 0.15) is 5.60 Å². The van der Waals surface area contributed by atoms with Gasteiger partial charge in [0.25, 0.3) is 10.1 Å². The fourth-order valence-corrected chi connectivity index (χ4v) is 3.39. The first-order chi connectivity index (χ1) is 17.1. The molecule has 0 radical (unpaired) electrons. The van der Waals surface area contributed by atoms with E-state index < -0.39 is 21.8 Å². The van der Waals surface area contributed by atoms with Gasteiger partial charge in [-0.25, -0.2) is 4.79 Å². The van der Waals surface area contributed by atoms with E-state index in [2.05, 4.69) is 5.32 Å². The highest BCUT2D eigenvalue weighted by atomic mass is 32.2. The molecule has 0 fully saturated rings. The third-order valence-electron chi connectivity index (χ3n) is 4.18. The van der Waals surface area contributed by atoms with Crippen LogP contribution in [0.4, 0.5) is 4.79 Å². The summed E-state index contributed by atoms with van der Waals surface area (Å²) < 4.78 is 60.9. The van der Waals surface area contributed by atoms with Crippen LogP contribution in [0, 0.1) is 6.92 Å². The molecule has 36 heavy (non-hydrogen) atoms. The molecule has 0 aliphatic heterocycles. The van der Waals surface area contributed by atoms with Crippen molar-refractivity contribution in [1.82, 2.24) is 5.32 Å². The third kappa shape index (κ3) is 17.6. The lowest BCUT2D eigenvalue weighted by Gasteiger charge is -2.19. The Bertz CT molecular complexity index is 809. The molecule has 1 rings (SSSR count). The second-order valence-electron chi connectivity index (χ2n) is 8.58. The first-order valence-electron chi connectivity index (χ1n) is 11.9. The van der Waals surface area contributed by atoms with E-state index in [1.165, 1.54) is 12.1 Å². The molecule has 0 aliphatic rings. The predicted molar refractivity (Wildman–Crippen MR) is 133 cm³/mol. The van der Waals surface area contributed by atoms with Crippen molar-refractivity contribution >= 4 is 16.2 Å². The lowest BCUT2D eigenvalue weighted by atomic mass is 10.2. The van der Waals surface area contributed by atoms with Gasteiger partial charge in [-0.15, -0.1) is 0 Å². The van der Waals surface area contributed by atoms with Crippen LogP contribution < -0.4 is 5.32 Å². The molecular weight excluding hydrogens is 494 g/mol. The molecule has 0 atom stereocenters. The highest BCUT2D eigenvalue weighted by Gasteiger charge is 2.15. The number of carbonyl (C=O) groups excluding carboxylic acids is 1. The third-order valence-corrected chi connectivity index (χ3v) is 5.50. The van der Waals surface area contributed by atoms with Crippen LogP contribution in [0.5, 0.6) is 0 Å². The minimum Gasteiger partial charge on any atom is -0.444 e. The van der Waals surface area contributed by atoms with Crippen molar-refractivity contribution in [2.24, 2.45) is 0 Å². The summed E-state index contributed by atoms with van der Waals surface area (Å²) in [4.78, 5) is 11.6. The van der Waals surface area contributed by atoms with Gasteiger partial charge in [-0.05, 0) is 39.8 Å². The molecule has 1 aromatic carbocycles. The quantitative estimate of drug-likeness (QED) is 0.196. The first kappa shape index (κ1) is 32.2. The number of rotatable bonds is 20. The van der Waals surface area contributed by atoms with Crippen LogP contribution in [0.25, 0.3) is 0 Å². The van der Waals surface area contributed by atoms with E-state index in [0.717, 1.165) is 5.56 Å².